The second-order valence-electron chi connectivity index (χ2n) is 2.73. The standard InChI is InChI=1S/C10H10O3S/c1-3-8(2)9-4-6-10(7-5-9)14(11,12)13/h3-7H,1-2H2,(H,11,12,13). The molecule has 0 saturated heterocycles. The summed E-state index contributed by atoms with van der Waals surface area (Å²) in [5, 5.41) is 0. The summed E-state index contributed by atoms with van der Waals surface area (Å²) >= 11 is 0. The van der Waals surface area contributed by atoms with E-state index in [1.807, 2.05) is 0 Å². The smallest absolute Gasteiger partial charge is 0.282 e. The minimum absolute atomic E-state index is 0.127. The van der Waals surface area contributed by atoms with Crippen LogP contribution in [0.4, 0.5) is 0 Å². The van der Waals surface area contributed by atoms with Crippen LogP contribution in [0, 0.1) is 0 Å². The van der Waals surface area contributed by atoms with Crippen molar-refractivity contribution in [2.45, 2.75) is 4.90 Å². The first-order valence-electron chi connectivity index (χ1n) is 3.84. The third kappa shape index (κ3) is 2.31. The maximum atomic E-state index is 10.7. The lowest BCUT2D eigenvalue weighted by Crippen LogP contribution is -1.97. The third-order valence-electron chi connectivity index (χ3n) is 1.77. The molecule has 0 unspecified atom stereocenters. The average Bonchev–Trinajstić information content (AvgIpc) is 2.15. The zero-order valence-corrected chi connectivity index (χ0v) is 8.29. The molecule has 0 aliphatic rings. The molecule has 3 nitrogen and oxygen atoms in total. The number of allylic oxidation sites excluding steroid dienone is 2. The summed E-state index contributed by atoms with van der Waals surface area (Å²) in [5.74, 6) is 0. The highest BCUT2D eigenvalue weighted by molar-refractivity contribution is 7.85. The van der Waals surface area contributed by atoms with Gasteiger partial charge in [0.2, 0.25) is 0 Å². The normalized spacial score (nSPS) is 10.9. The van der Waals surface area contributed by atoms with Crippen LogP contribution in [0.3, 0.4) is 0 Å². The summed E-state index contributed by atoms with van der Waals surface area (Å²) < 4.78 is 30.1. The summed E-state index contributed by atoms with van der Waals surface area (Å²) in [6.07, 6.45) is 1.57. The Morgan fingerprint density at radius 1 is 1.29 bits per heavy atom. The van der Waals surface area contributed by atoms with Gasteiger partial charge in [-0.25, -0.2) is 0 Å². The molecule has 0 bridgehead atoms. The number of hydrogen-bond acceptors (Lipinski definition) is 2. The molecule has 1 N–H and O–H groups in total. The lowest BCUT2D eigenvalue weighted by Gasteiger charge is -2.01. The Morgan fingerprint density at radius 3 is 2.14 bits per heavy atom. The quantitative estimate of drug-likeness (QED) is 0.614. The van der Waals surface area contributed by atoms with Crippen molar-refractivity contribution in [3.63, 3.8) is 0 Å². The Bertz CT molecular complexity index is 455. The van der Waals surface area contributed by atoms with Crippen LogP contribution in [0.1, 0.15) is 5.56 Å². The van der Waals surface area contributed by atoms with Crippen molar-refractivity contribution in [3.05, 3.63) is 49.1 Å². The van der Waals surface area contributed by atoms with E-state index < -0.39 is 10.1 Å². The number of hydrogen-bond donors (Lipinski definition) is 1. The summed E-state index contributed by atoms with van der Waals surface area (Å²) in [4.78, 5) is -0.127. The van der Waals surface area contributed by atoms with Crippen LogP contribution in [0.2, 0.25) is 0 Å². The van der Waals surface area contributed by atoms with Gasteiger partial charge in [-0.2, -0.15) is 8.42 Å². The van der Waals surface area contributed by atoms with Crippen LogP contribution in [0.5, 0.6) is 0 Å². The molecule has 0 radical (unpaired) electrons. The molecule has 0 amide bonds. The number of benzene rings is 1. The van der Waals surface area contributed by atoms with Crippen molar-refractivity contribution in [1.29, 1.82) is 0 Å². The highest BCUT2D eigenvalue weighted by Crippen LogP contribution is 2.16. The van der Waals surface area contributed by atoms with Gasteiger partial charge < -0.3 is 0 Å². The van der Waals surface area contributed by atoms with Gasteiger partial charge in [0.1, 0.15) is 0 Å². The highest BCUT2D eigenvalue weighted by Gasteiger charge is 2.08. The maximum Gasteiger partial charge on any atom is 0.294 e. The minimum Gasteiger partial charge on any atom is -0.282 e. The van der Waals surface area contributed by atoms with Gasteiger partial charge in [-0.05, 0) is 23.3 Å². The molecule has 0 aliphatic heterocycles. The molecule has 0 aromatic heterocycles. The van der Waals surface area contributed by atoms with Crippen molar-refractivity contribution < 1.29 is 13.0 Å². The van der Waals surface area contributed by atoms with E-state index in [1.54, 1.807) is 18.2 Å². The molecular formula is C10H10O3S. The molecule has 74 valence electrons. The summed E-state index contributed by atoms with van der Waals surface area (Å²) in [5.41, 5.74) is 1.47. The SMILES string of the molecule is C=CC(=C)c1ccc(S(=O)(=O)O)cc1. The van der Waals surface area contributed by atoms with Crippen LogP contribution in [-0.2, 0) is 10.1 Å². The van der Waals surface area contributed by atoms with Gasteiger partial charge in [0, 0.05) is 0 Å². The molecule has 1 rings (SSSR count). The Hall–Kier alpha value is -1.39. The first kappa shape index (κ1) is 10.7. The van der Waals surface area contributed by atoms with Crippen molar-refractivity contribution in [3.8, 4) is 0 Å². The van der Waals surface area contributed by atoms with Crippen molar-refractivity contribution in [2.75, 3.05) is 0 Å². The summed E-state index contributed by atoms with van der Waals surface area (Å²) in [6.45, 7) is 7.25. The van der Waals surface area contributed by atoms with Gasteiger partial charge in [0.05, 0.1) is 4.90 Å². The fourth-order valence-corrected chi connectivity index (χ4v) is 1.44. The lowest BCUT2D eigenvalue weighted by molar-refractivity contribution is 0.483. The Morgan fingerprint density at radius 2 is 1.79 bits per heavy atom. The average molecular weight is 210 g/mol. The maximum absolute atomic E-state index is 10.7. The van der Waals surface area contributed by atoms with E-state index >= 15 is 0 Å². The molecule has 1 aromatic carbocycles. The van der Waals surface area contributed by atoms with Gasteiger partial charge in [0.25, 0.3) is 10.1 Å². The fourth-order valence-electron chi connectivity index (χ4n) is 0.959. The summed E-state index contributed by atoms with van der Waals surface area (Å²) in [7, 11) is -4.11. The van der Waals surface area contributed by atoms with E-state index in [4.69, 9.17) is 4.55 Å². The molecular weight excluding hydrogens is 200 g/mol. The molecule has 0 heterocycles. The Balaban J connectivity index is 3.13. The molecule has 0 atom stereocenters. The second-order valence-corrected chi connectivity index (χ2v) is 4.15. The first-order valence-corrected chi connectivity index (χ1v) is 5.28. The van der Waals surface area contributed by atoms with Crippen molar-refractivity contribution in [2.24, 2.45) is 0 Å². The predicted molar refractivity (Wildman–Crippen MR) is 55.5 cm³/mol. The molecule has 0 saturated carbocycles. The second kappa shape index (κ2) is 3.77. The third-order valence-corrected chi connectivity index (χ3v) is 2.64. The molecule has 0 fully saturated rings. The molecule has 1 aromatic rings. The molecule has 0 spiro atoms. The van der Waals surface area contributed by atoms with Crippen LogP contribution in [-0.4, -0.2) is 13.0 Å². The van der Waals surface area contributed by atoms with E-state index in [-0.39, 0.29) is 4.90 Å². The topological polar surface area (TPSA) is 54.4 Å². The van der Waals surface area contributed by atoms with E-state index in [1.165, 1.54) is 12.1 Å². The van der Waals surface area contributed by atoms with E-state index in [2.05, 4.69) is 13.2 Å². The largest absolute Gasteiger partial charge is 0.294 e. The lowest BCUT2D eigenvalue weighted by atomic mass is 10.1. The Labute approximate surface area is 83.1 Å². The Kier molecular flexibility index (Phi) is 2.88. The molecule has 4 heteroatoms. The highest BCUT2D eigenvalue weighted by atomic mass is 32.2. The zero-order valence-electron chi connectivity index (χ0n) is 7.47. The van der Waals surface area contributed by atoms with Gasteiger partial charge in [-0.3, -0.25) is 4.55 Å². The van der Waals surface area contributed by atoms with Gasteiger partial charge in [-0.15, -0.1) is 0 Å². The fraction of sp³-hybridized carbons (Fsp3) is 0. The van der Waals surface area contributed by atoms with Crippen LogP contribution in [0.15, 0.2) is 48.4 Å². The van der Waals surface area contributed by atoms with Gasteiger partial charge in [0.15, 0.2) is 0 Å². The monoisotopic (exact) mass is 210 g/mol. The molecule has 14 heavy (non-hydrogen) atoms. The van der Waals surface area contributed by atoms with E-state index in [9.17, 15) is 8.42 Å². The van der Waals surface area contributed by atoms with E-state index in [0.717, 1.165) is 5.56 Å². The minimum atomic E-state index is -4.11. The van der Waals surface area contributed by atoms with Gasteiger partial charge in [-0.1, -0.05) is 31.4 Å². The first-order chi connectivity index (χ1) is 6.45. The number of rotatable bonds is 3. The predicted octanol–water partition coefficient (Wildman–Crippen LogP) is 2.13. The van der Waals surface area contributed by atoms with Crippen LogP contribution >= 0.6 is 0 Å². The van der Waals surface area contributed by atoms with Crippen molar-refractivity contribution in [1.82, 2.24) is 0 Å². The van der Waals surface area contributed by atoms with Crippen LogP contribution in [0.25, 0.3) is 5.57 Å². The van der Waals surface area contributed by atoms with Gasteiger partial charge >= 0.3 is 0 Å². The van der Waals surface area contributed by atoms with Crippen molar-refractivity contribution >= 4 is 15.7 Å². The summed E-state index contributed by atoms with van der Waals surface area (Å²) in [6, 6.07) is 5.76. The molecule has 0 aliphatic carbocycles. The van der Waals surface area contributed by atoms with Crippen LogP contribution < -0.4 is 0 Å². The van der Waals surface area contributed by atoms with E-state index in [0.29, 0.717) is 5.57 Å². The zero-order chi connectivity index (χ0) is 10.8.